The van der Waals surface area contributed by atoms with Crippen molar-refractivity contribution in [1.29, 1.82) is 5.41 Å². The number of amides is 1. The molecule has 0 bridgehead atoms. The highest BCUT2D eigenvalue weighted by Crippen LogP contribution is 2.23. The number of fused-ring (bicyclic) bond motifs is 1. The number of benzene rings is 2. The summed E-state index contributed by atoms with van der Waals surface area (Å²) in [5, 5.41) is 10.8. The average Bonchev–Trinajstić information content (AvgIpc) is 3.14. The van der Waals surface area contributed by atoms with Gasteiger partial charge in [-0.1, -0.05) is 36.8 Å². The van der Waals surface area contributed by atoms with Gasteiger partial charge in [0.2, 0.25) is 5.78 Å². The SMILES string of the molecule is CC(=N)CCCC[C@H](NC(=O)c1ccccc1)C(=O)c1nc2ccccc2s1. The van der Waals surface area contributed by atoms with Crippen molar-refractivity contribution in [1.82, 2.24) is 10.3 Å². The largest absolute Gasteiger partial charge is 0.342 e. The quantitative estimate of drug-likeness (QED) is 0.309. The van der Waals surface area contributed by atoms with E-state index in [1.54, 1.807) is 31.2 Å². The predicted octanol–water partition coefficient (Wildman–Crippen LogP) is 4.88. The van der Waals surface area contributed by atoms with Crippen LogP contribution in [0.5, 0.6) is 0 Å². The first kappa shape index (κ1) is 19.9. The monoisotopic (exact) mass is 393 g/mol. The van der Waals surface area contributed by atoms with Crippen LogP contribution in [0.3, 0.4) is 0 Å². The molecule has 6 heteroatoms. The van der Waals surface area contributed by atoms with Crippen molar-refractivity contribution in [3.63, 3.8) is 0 Å². The summed E-state index contributed by atoms with van der Waals surface area (Å²) in [4.78, 5) is 30.1. The van der Waals surface area contributed by atoms with Crippen LogP contribution in [-0.4, -0.2) is 28.4 Å². The zero-order chi connectivity index (χ0) is 19.9. The lowest BCUT2D eigenvalue weighted by Crippen LogP contribution is -2.40. The molecule has 0 saturated heterocycles. The number of carbonyl (C=O) groups is 2. The van der Waals surface area contributed by atoms with Gasteiger partial charge in [0.1, 0.15) is 0 Å². The summed E-state index contributed by atoms with van der Waals surface area (Å²) in [5.41, 5.74) is 1.95. The third-order valence-electron chi connectivity index (χ3n) is 4.46. The first-order valence-electron chi connectivity index (χ1n) is 9.34. The third-order valence-corrected chi connectivity index (χ3v) is 5.51. The van der Waals surface area contributed by atoms with Crippen molar-refractivity contribution < 1.29 is 9.59 Å². The molecule has 0 aliphatic carbocycles. The van der Waals surface area contributed by atoms with Crippen LogP contribution in [-0.2, 0) is 0 Å². The number of nitrogens with zero attached hydrogens (tertiary/aromatic N) is 1. The number of para-hydroxylation sites is 1. The fraction of sp³-hybridized carbons (Fsp3) is 0.273. The van der Waals surface area contributed by atoms with E-state index < -0.39 is 6.04 Å². The lowest BCUT2D eigenvalue weighted by Gasteiger charge is -2.16. The van der Waals surface area contributed by atoms with Crippen LogP contribution in [0.25, 0.3) is 10.2 Å². The smallest absolute Gasteiger partial charge is 0.251 e. The van der Waals surface area contributed by atoms with E-state index in [1.165, 1.54) is 11.3 Å². The molecular weight excluding hydrogens is 370 g/mol. The Bertz CT molecular complexity index is 949. The molecule has 3 rings (SSSR count). The van der Waals surface area contributed by atoms with Gasteiger partial charge < -0.3 is 10.7 Å². The van der Waals surface area contributed by atoms with Crippen LogP contribution in [0, 0.1) is 5.41 Å². The van der Waals surface area contributed by atoms with Crippen molar-refractivity contribution >= 4 is 39.0 Å². The Hall–Kier alpha value is -2.86. The number of thiazole rings is 1. The van der Waals surface area contributed by atoms with Gasteiger partial charge in [-0.05, 0) is 50.5 Å². The predicted molar refractivity (Wildman–Crippen MR) is 114 cm³/mol. The molecule has 0 aliphatic heterocycles. The summed E-state index contributed by atoms with van der Waals surface area (Å²) in [5.74, 6) is -0.416. The number of unbranched alkanes of at least 4 members (excludes halogenated alkanes) is 1. The van der Waals surface area contributed by atoms with Crippen molar-refractivity contribution in [3.05, 3.63) is 65.2 Å². The molecule has 144 valence electrons. The molecule has 0 fully saturated rings. The minimum Gasteiger partial charge on any atom is -0.342 e. The molecule has 2 aromatic carbocycles. The minimum atomic E-state index is -0.626. The van der Waals surface area contributed by atoms with Gasteiger partial charge in [0.15, 0.2) is 5.01 Å². The standard InChI is InChI=1S/C22H23N3O2S/c1-15(23)9-5-6-13-18(24-21(27)16-10-3-2-4-11-16)20(26)22-25-17-12-7-8-14-19(17)28-22/h2-4,7-8,10-12,14,18,23H,5-6,9,13H2,1H3,(H,24,27)/t18-/m0/s1. The Morgan fingerprint density at radius 3 is 2.50 bits per heavy atom. The average molecular weight is 394 g/mol. The van der Waals surface area contributed by atoms with Gasteiger partial charge in [-0.2, -0.15) is 0 Å². The number of aromatic nitrogens is 1. The van der Waals surface area contributed by atoms with Crippen molar-refractivity contribution in [2.24, 2.45) is 0 Å². The van der Waals surface area contributed by atoms with Gasteiger partial charge in [-0.15, -0.1) is 11.3 Å². The summed E-state index contributed by atoms with van der Waals surface area (Å²) in [7, 11) is 0. The number of nitrogens with one attached hydrogen (secondary N) is 2. The Kier molecular flexibility index (Phi) is 6.66. The van der Waals surface area contributed by atoms with E-state index in [-0.39, 0.29) is 11.7 Å². The normalized spacial score (nSPS) is 11.9. The zero-order valence-corrected chi connectivity index (χ0v) is 16.6. The first-order chi connectivity index (χ1) is 13.5. The van der Waals surface area contributed by atoms with Crippen LogP contribution < -0.4 is 5.32 Å². The summed E-state index contributed by atoms with van der Waals surface area (Å²) in [6, 6.07) is 15.9. The van der Waals surface area contributed by atoms with Crippen molar-refractivity contribution in [2.75, 3.05) is 0 Å². The van der Waals surface area contributed by atoms with Crippen LogP contribution in [0.4, 0.5) is 0 Å². The molecule has 5 nitrogen and oxygen atoms in total. The van der Waals surface area contributed by atoms with E-state index in [1.807, 2.05) is 30.3 Å². The molecule has 0 saturated carbocycles. The van der Waals surface area contributed by atoms with Gasteiger partial charge in [-0.3, -0.25) is 9.59 Å². The number of carbonyl (C=O) groups excluding carboxylic acids is 2. The summed E-state index contributed by atoms with van der Waals surface area (Å²) >= 11 is 1.35. The minimum absolute atomic E-state index is 0.156. The maximum atomic E-state index is 13.1. The molecule has 0 unspecified atom stereocenters. The number of hydrogen-bond donors (Lipinski definition) is 2. The van der Waals surface area contributed by atoms with Crippen molar-refractivity contribution in [2.45, 2.75) is 38.6 Å². The van der Waals surface area contributed by atoms with Gasteiger partial charge in [-0.25, -0.2) is 4.98 Å². The van der Waals surface area contributed by atoms with Crippen LogP contribution >= 0.6 is 11.3 Å². The van der Waals surface area contributed by atoms with E-state index in [4.69, 9.17) is 5.41 Å². The maximum Gasteiger partial charge on any atom is 0.251 e. The Balaban J connectivity index is 1.76. The molecule has 2 N–H and O–H groups in total. The molecule has 0 radical (unpaired) electrons. The fourth-order valence-electron chi connectivity index (χ4n) is 2.97. The van der Waals surface area contributed by atoms with Gasteiger partial charge >= 0.3 is 0 Å². The molecule has 1 heterocycles. The first-order valence-corrected chi connectivity index (χ1v) is 10.2. The summed E-state index contributed by atoms with van der Waals surface area (Å²) in [6.45, 7) is 1.78. The molecular formula is C22H23N3O2S. The number of Topliss-reactive ketones (excluding diaryl/α,β-unsaturated/α-hetero) is 1. The molecule has 0 aliphatic rings. The second-order valence-corrected chi connectivity index (χ2v) is 7.80. The topological polar surface area (TPSA) is 82.9 Å². The van der Waals surface area contributed by atoms with Gasteiger partial charge in [0.05, 0.1) is 16.3 Å². The molecule has 3 aromatic rings. The summed E-state index contributed by atoms with van der Waals surface area (Å²) in [6.07, 6.45) is 2.81. The molecule has 1 atom stereocenters. The van der Waals surface area contributed by atoms with E-state index in [0.717, 1.165) is 23.1 Å². The summed E-state index contributed by atoms with van der Waals surface area (Å²) < 4.78 is 0.957. The Labute approximate surface area is 168 Å². The zero-order valence-electron chi connectivity index (χ0n) is 15.8. The second kappa shape index (κ2) is 9.37. The highest BCUT2D eigenvalue weighted by molar-refractivity contribution is 7.20. The van der Waals surface area contributed by atoms with E-state index >= 15 is 0 Å². The molecule has 0 spiro atoms. The number of hydrogen-bond acceptors (Lipinski definition) is 5. The lowest BCUT2D eigenvalue weighted by molar-refractivity contribution is 0.0851. The van der Waals surface area contributed by atoms with Gasteiger partial charge in [0.25, 0.3) is 5.91 Å². The third kappa shape index (κ3) is 5.10. The van der Waals surface area contributed by atoms with E-state index in [2.05, 4.69) is 10.3 Å². The number of rotatable bonds is 9. The Morgan fingerprint density at radius 1 is 1.07 bits per heavy atom. The molecule has 1 amide bonds. The fourth-order valence-corrected chi connectivity index (χ4v) is 3.93. The highest BCUT2D eigenvalue weighted by Gasteiger charge is 2.25. The van der Waals surface area contributed by atoms with E-state index in [0.29, 0.717) is 29.1 Å². The maximum absolute atomic E-state index is 13.1. The second-order valence-electron chi connectivity index (χ2n) is 6.77. The molecule has 1 aromatic heterocycles. The highest BCUT2D eigenvalue weighted by atomic mass is 32.1. The van der Waals surface area contributed by atoms with Gasteiger partial charge in [0, 0.05) is 11.3 Å². The van der Waals surface area contributed by atoms with E-state index in [9.17, 15) is 9.59 Å². The van der Waals surface area contributed by atoms with Crippen LogP contribution in [0.1, 0.15) is 52.8 Å². The molecule has 28 heavy (non-hydrogen) atoms. The van der Waals surface area contributed by atoms with Crippen LogP contribution in [0.15, 0.2) is 54.6 Å². The number of ketones is 1. The van der Waals surface area contributed by atoms with Crippen LogP contribution in [0.2, 0.25) is 0 Å². The lowest BCUT2D eigenvalue weighted by atomic mass is 10.0. The van der Waals surface area contributed by atoms with Crippen molar-refractivity contribution in [3.8, 4) is 0 Å². The Morgan fingerprint density at radius 2 is 1.79 bits per heavy atom.